The number of pyridine rings is 1. The third kappa shape index (κ3) is 4.43. The maximum atomic E-state index is 12.7. The van der Waals surface area contributed by atoms with Crippen molar-refractivity contribution in [2.45, 2.75) is 6.42 Å². The lowest BCUT2D eigenvalue weighted by Gasteiger charge is -2.35. The molecule has 2 N–H and O–H groups in total. The van der Waals surface area contributed by atoms with Crippen LogP contribution in [0.2, 0.25) is 5.02 Å². The number of carbonyl (C=O) groups is 1. The van der Waals surface area contributed by atoms with Gasteiger partial charge in [-0.25, -0.2) is 14.8 Å². The zero-order valence-corrected chi connectivity index (χ0v) is 18.0. The zero-order valence-electron chi connectivity index (χ0n) is 16.5. The number of ether oxygens (including phenoxy) is 1. The highest BCUT2D eigenvalue weighted by molar-refractivity contribution is 7.22. The molecule has 10 heteroatoms. The fourth-order valence-electron chi connectivity index (χ4n) is 3.35. The summed E-state index contributed by atoms with van der Waals surface area (Å²) < 4.78 is 6.19. The first-order valence-electron chi connectivity index (χ1n) is 9.58. The number of urea groups is 1. The Kier molecular flexibility index (Phi) is 6.21. The molecule has 0 unspecified atom stereocenters. The molecule has 0 bridgehead atoms. The number of nitrogens with zero attached hydrogens (tertiary/aromatic N) is 4. The molecule has 1 aliphatic heterocycles. The van der Waals surface area contributed by atoms with Crippen LogP contribution in [-0.2, 0) is 6.42 Å². The number of benzene rings is 1. The molecule has 1 fully saturated rings. The van der Waals surface area contributed by atoms with Crippen LogP contribution in [-0.4, -0.2) is 65.9 Å². The number of nitrogens with one attached hydrogen (secondary N) is 1. The maximum absolute atomic E-state index is 12.7. The number of amides is 2. The van der Waals surface area contributed by atoms with E-state index in [9.17, 15) is 4.79 Å². The standard InChI is InChI=1S/C20H22ClN5O3S/c1-29-14-2-3-16-17(11-14)30-19(23-16)24-20(28)26-7-5-25(6-8-26)18-15(21)10-13(4-9-27)12-22-18/h2-3,10-12,27H,4-9H2,1H3,(H,23,24,28). The summed E-state index contributed by atoms with van der Waals surface area (Å²) >= 11 is 7.79. The average molecular weight is 448 g/mol. The Morgan fingerprint density at radius 2 is 2.10 bits per heavy atom. The lowest BCUT2D eigenvalue weighted by Crippen LogP contribution is -2.50. The molecule has 2 amide bonds. The van der Waals surface area contributed by atoms with Gasteiger partial charge in [0, 0.05) is 39.0 Å². The van der Waals surface area contributed by atoms with Gasteiger partial charge < -0.3 is 19.6 Å². The fourth-order valence-corrected chi connectivity index (χ4v) is 4.54. The molecule has 1 saturated heterocycles. The van der Waals surface area contributed by atoms with Crippen LogP contribution in [0.4, 0.5) is 15.7 Å². The predicted molar refractivity (Wildman–Crippen MR) is 119 cm³/mol. The molecule has 0 saturated carbocycles. The van der Waals surface area contributed by atoms with Crippen LogP contribution < -0.4 is 15.0 Å². The van der Waals surface area contributed by atoms with E-state index in [-0.39, 0.29) is 12.6 Å². The predicted octanol–water partition coefficient (Wildman–Crippen LogP) is 3.24. The van der Waals surface area contributed by atoms with E-state index in [1.54, 1.807) is 18.2 Å². The van der Waals surface area contributed by atoms with Gasteiger partial charge in [-0.05, 0) is 36.2 Å². The van der Waals surface area contributed by atoms with Gasteiger partial charge in [0.05, 0.1) is 22.3 Å². The Hall–Kier alpha value is -2.62. The van der Waals surface area contributed by atoms with E-state index in [1.807, 2.05) is 24.3 Å². The van der Waals surface area contributed by atoms with Crippen LogP contribution >= 0.6 is 22.9 Å². The topological polar surface area (TPSA) is 90.8 Å². The molecule has 2 aromatic heterocycles. The zero-order chi connectivity index (χ0) is 21.1. The summed E-state index contributed by atoms with van der Waals surface area (Å²) in [7, 11) is 1.62. The normalized spacial score (nSPS) is 14.2. The Morgan fingerprint density at radius 1 is 1.30 bits per heavy atom. The van der Waals surface area contributed by atoms with Gasteiger partial charge >= 0.3 is 6.03 Å². The third-order valence-corrected chi connectivity index (χ3v) is 6.17. The molecule has 158 valence electrons. The largest absolute Gasteiger partial charge is 0.497 e. The quantitative estimate of drug-likeness (QED) is 0.624. The molecule has 4 rings (SSSR count). The number of anilines is 2. The molecule has 1 aromatic carbocycles. The number of hydrogen-bond donors (Lipinski definition) is 2. The van der Waals surface area contributed by atoms with Gasteiger partial charge in [0.1, 0.15) is 11.6 Å². The number of thiazole rings is 1. The second-order valence-electron chi connectivity index (χ2n) is 6.88. The van der Waals surface area contributed by atoms with Crippen molar-refractivity contribution < 1.29 is 14.6 Å². The number of aliphatic hydroxyl groups excluding tert-OH is 1. The Balaban J connectivity index is 1.36. The highest BCUT2D eigenvalue weighted by Gasteiger charge is 2.24. The molecule has 30 heavy (non-hydrogen) atoms. The lowest BCUT2D eigenvalue weighted by molar-refractivity contribution is 0.208. The SMILES string of the molecule is COc1ccc2nc(NC(=O)N3CCN(c4ncc(CCO)cc4Cl)CC3)sc2c1. The van der Waals surface area contributed by atoms with Crippen LogP contribution in [0.15, 0.2) is 30.5 Å². The van der Waals surface area contributed by atoms with Crippen LogP contribution in [0.5, 0.6) is 5.75 Å². The number of piperazine rings is 1. The van der Waals surface area contributed by atoms with Crippen molar-refractivity contribution in [3.63, 3.8) is 0 Å². The van der Waals surface area contributed by atoms with E-state index in [2.05, 4.69) is 20.2 Å². The lowest BCUT2D eigenvalue weighted by atomic mass is 10.2. The number of aromatic nitrogens is 2. The van der Waals surface area contributed by atoms with E-state index < -0.39 is 0 Å². The van der Waals surface area contributed by atoms with E-state index in [0.717, 1.165) is 21.5 Å². The summed E-state index contributed by atoms with van der Waals surface area (Å²) in [6, 6.07) is 7.30. The molecule has 3 heterocycles. The van der Waals surface area contributed by atoms with Gasteiger partial charge in [0.15, 0.2) is 5.13 Å². The van der Waals surface area contributed by atoms with Gasteiger partial charge in [-0.3, -0.25) is 5.32 Å². The first-order chi connectivity index (χ1) is 14.6. The molecule has 1 aliphatic rings. The van der Waals surface area contributed by atoms with Crippen molar-refractivity contribution in [2.75, 3.05) is 50.1 Å². The Bertz CT molecular complexity index is 1050. The molecule has 0 spiro atoms. The van der Waals surface area contributed by atoms with Crippen molar-refractivity contribution >= 4 is 50.1 Å². The molecular weight excluding hydrogens is 426 g/mol. The first-order valence-corrected chi connectivity index (χ1v) is 10.8. The van der Waals surface area contributed by atoms with Gasteiger partial charge in [-0.2, -0.15) is 0 Å². The summed E-state index contributed by atoms with van der Waals surface area (Å²) in [4.78, 5) is 25.4. The van der Waals surface area contributed by atoms with E-state index >= 15 is 0 Å². The number of hydrogen-bond acceptors (Lipinski definition) is 7. The minimum absolute atomic E-state index is 0.0628. The number of methoxy groups -OCH3 is 1. The summed E-state index contributed by atoms with van der Waals surface area (Å²) in [6.45, 7) is 2.45. The highest BCUT2D eigenvalue weighted by Crippen LogP contribution is 2.30. The Morgan fingerprint density at radius 3 is 2.80 bits per heavy atom. The molecule has 3 aromatic rings. The van der Waals surface area contributed by atoms with E-state index in [4.69, 9.17) is 21.4 Å². The first kappa shape index (κ1) is 20.6. The van der Waals surface area contributed by atoms with Gasteiger partial charge in [0.25, 0.3) is 0 Å². The second-order valence-corrected chi connectivity index (χ2v) is 8.32. The van der Waals surface area contributed by atoms with Gasteiger partial charge in [0.2, 0.25) is 0 Å². The average Bonchev–Trinajstić information content (AvgIpc) is 3.15. The summed E-state index contributed by atoms with van der Waals surface area (Å²) in [5.74, 6) is 1.47. The van der Waals surface area contributed by atoms with Gasteiger partial charge in [-0.15, -0.1) is 0 Å². The highest BCUT2D eigenvalue weighted by atomic mass is 35.5. The molecule has 0 radical (unpaired) electrons. The van der Waals surface area contributed by atoms with E-state index in [1.165, 1.54) is 11.3 Å². The minimum atomic E-state index is -0.168. The number of carbonyl (C=O) groups excluding carboxylic acids is 1. The van der Waals surface area contributed by atoms with Crippen LogP contribution in [0.25, 0.3) is 10.2 Å². The minimum Gasteiger partial charge on any atom is -0.497 e. The Labute approximate surface area is 183 Å². The van der Waals surface area contributed by atoms with Crippen LogP contribution in [0.1, 0.15) is 5.56 Å². The third-order valence-electron chi connectivity index (χ3n) is 4.95. The summed E-state index contributed by atoms with van der Waals surface area (Å²) in [6.07, 6.45) is 2.26. The number of rotatable bonds is 5. The number of aliphatic hydroxyl groups is 1. The van der Waals surface area contributed by atoms with Crippen LogP contribution in [0.3, 0.4) is 0 Å². The molecule has 0 aliphatic carbocycles. The summed E-state index contributed by atoms with van der Waals surface area (Å²) in [5.41, 5.74) is 1.73. The van der Waals surface area contributed by atoms with Crippen molar-refractivity contribution in [2.24, 2.45) is 0 Å². The summed E-state index contributed by atoms with van der Waals surface area (Å²) in [5, 5.41) is 13.1. The molecule has 8 nitrogen and oxygen atoms in total. The second kappa shape index (κ2) is 9.03. The molecule has 0 atom stereocenters. The fraction of sp³-hybridized carbons (Fsp3) is 0.350. The molecular formula is C20H22ClN5O3S. The van der Waals surface area contributed by atoms with Crippen molar-refractivity contribution in [1.29, 1.82) is 0 Å². The number of fused-ring (bicyclic) bond motifs is 1. The maximum Gasteiger partial charge on any atom is 0.323 e. The van der Waals surface area contributed by atoms with Gasteiger partial charge in [-0.1, -0.05) is 22.9 Å². The van der Waals surface area contributed by atoms with Crippen LogP contribution in [0, 0.1) is 0 Å². The van der Waals surface area contributed by atoms with E-state index in [0.29, 0.717) is 48.6 Å². The van der Waals surface area contributed by atoms with Crippen molar-refractivity contribution in [1.82, 2.24) is 14.9 Å². The van der Waals surface area contributed by atoms with Crippen molar-refractivity contribution in [3.05, 3.63) is 41.0 Å². The monoisotopic (exact) mass is 447 g/mol. The number of halogens is 1. The smallest absolute Gasteiger partial charge is 0.323 e. The van der Waals surface area contributed by atoms with Crippen molar-refractivity contribution in [3.8, 4) is 5.75 Å².